The third kappa shape index (κ3) is 3.97. The summed E-state index contributed by atoms with van der Waals surface area (Å²) >= 11 is 1.69. The average Bonchev–Trinajstić information content (AvgIpc) is 3.79. The third-order valence-electron chi connectivity index (χ3n) is 9.39. The number of aromatic nitrogens is 2. The average molecular weight is 632 g/mol. The van der Waals surface area contributed by atoms with Crippen molar-refractivity contribution in [1.29, 1.82) is 5.26 Å². The molecule has 0 aliphatic heterocycles. The van der Waals surface area contributed by atoms with Crippen molar-refractivity contribution in [3.8, 4) is 17.4 Å². The van der Waals surface area contributed by atoms with Gasteiger partial charge in [-0.05, 0) is 97.1 Å². The van der Waals surface area contributed by atoms with Gasteiger partial charge in [-0.2, -0.15) is 5.26 Å². The minimum atomic E-state index is 0.667. The Bertz CT molecular complexity index is 2910. The number of nitriles is 1. The summed E-state index contributed by atoms with van der Waals surface area (Å²) in [7, 11) is 0. The normalized spacial score (nSPS) is 11.8. The van der Waals surface area contributed by atoms with Crippen LogP contribution in [0.3, 0.4) is 0 Å². The summed E-state index contributed by atoms with van der Waals surface area (Å²) in [6.45, 7) is 0. The fourth-order valence-corrected chi connectivity index (χ4v) is 8.11. The molecule has 224 valence electrons. The van der Waals surface area contributed by atoms with E-state index >= 15 is 0 Å². The predicted molar refractivity (Wildman–Crippen MR) is 198 cm³/mol. The van der Waals surface area contributed by atoms with Gasteiger partial charge >= 0.3 is 0 Å². The molecule has 0 amide bonds. The standard InChI is InChI=1S/C43H25N3OS/c44-26-27-14-18-30(19-15-27)48-31-20-16-29(17-21-31)46-39-24-35-32-10-4-6-12-37(32)45(28-8-2-1-3-9-28)38(35)25-36(39)33-22-23-41-42(43(33)46)34-11-5-7-13-40(34)47-41/h1-25H. The molecule has 0 radical (unpaired) electrons. The van der Waals surface area contributed by atoms with Crippen LogP contribution in [0.15, 0.2) is 166 Å². The lowest BCUT2D eigenvalue weighted by molar-refractivity contribution is 0.669. The molecular weight excluding hydrogens is 607 g/mol. The Morgan fingerprint density at radius 1 is 0.479 bits per heavy atom. The molecule has 0 saturated heterocycles. The zero-order chi connectivity index (χ0) is 31.8. The van der Waals surface area contributed by atoms with Crippen LogP contribution in [0.1, 0.15) is 5.56 Å². The Morgan fingerprint density at radius 3 is 1.88 bits per heavy atom. The maximum Gasteiger partial charge on any atom is 0.137 e. The molecule has 0 fully saturated rings. The summed E-state index contributed by atoms with van der Waals surface area (Å²) in [5.41, 5.74) is 9.33. The Labute approximate surface area is 279 Å². The molecule has 10 rings (SSSR count). The molecule has 0 bridgehead atoms. The maximum atomic E-state index is 9.20. The van der Waals surface area contributed by atoms with E-state index in [1.807, 2.05) is 36.4 Å². The number of furan rings is 1. The first kappa shape index (κ1) is 26.9. The van der Waals surface area contributed by atoms with Crippen molar-refractivity contribution in [2.75, 3.05) is 0 Å². The van der Waals surface area contributed by atoms with Gasteiger partial charge in [0, 0.05) is 48.1 Å². The van der Waals surface area contributed by atoms with Gasteiger partial charge in [0.2, 0.25) is 0 Å². The fraction of sp³-hybridized carbons (Fsp3) is 0. The van der Waals surface area contributed by atoms with Crippen molar-refractivity contribution < 1.29 is 4.42 Å². The van der Waals surface area contributed by atoms with Crippen molar-refractivity contribution in [1.82, 2.24) is 9.13 Å². The van der Waals surface area contributed by atoms with Crippen LogP contribution in [0.4, 0.5) is 0 Å². The Hall–Kier alpha value is -6.22. The van der Waals surface area contributed by atoms with E-state index in [1.54, 1.807) is 11.8 Å². The van der Waals surface area contributed by atoms with Crippen molar-refractivity contribution in [2.24, 2.45) is 0 Å². The van der Waals surface area contributed by atoms with Crippen molar-refractivity contribution in [3.63, 3.8) is 0 Å². The second-order valence-corrected chi connectivity index (χ2v) is 13.2. The summed E-state index contributed by atoms with van der Waals surface area (Å²) in [4.78, 5) is 2.24. The number of rotatable bonds is 4. The monoisotopic (exact) mass is 631 g/mol. The molecule has 3 heterocycles. The van der Waals surface area contributed by atoms with Gasteiger partial charge in [-0.25, -0.2) is 0 Å². The van der Waals surface area contributed by atoms with E-state index in [0.717, 1.165) is 54.1 Å². The summed E-state index contributed by atoms with van der Waals surface area (Å²) in [6.07, 6.45) is 0. The maximum absolute atomic E-state index is 9.20. The molecule has 0 N–H and O–H groups in total. The molecular formula is C43H25N3OS. The Kier molecular flexibility index (Phi) is 5.84. The zero-order valence-corrected chi connectivity index (χ0v) is 26.4. The quantitative estimate of drug-likeness (QED) is 0.194. The summed E-state index contributed by atoms with van der Waals surface area (Å²) < 4.78 is 11.2. The number of fused-ring (bicyclic) bond motifs is 10. The van der Waals surface area contributed by atoms with Gasteiger partial charge in [-0.3, -0.25) is 0 Å². The molecule has 0 atom stereocenters. The van der Waals surface area contributed by atoms with Crippen LogP contribution in [0.25, 0.3) is 76.9 Å². The van der Waals surface area contributed by atoms with Gasteiger partial charge in [0.25, 0.3) is 0 Å². The van der Waals surface area contributed by atoms with E-state index in [2.05, 4.69) is 130 Å². The predicted octanol–water partition coefficient (Wildman–Crippen LogP) is 11.8. The van der Waals surface area contributed by atoms with Crippen LogP contribution in [-0.2, 0) is 0 Å². The van der Waals surface area contributed by atoms with Crippen LogP contribution in [-0.4, -0.2) is 9.13 Å². The first-order valence-electron chi connectivity index (χ1n) is 15.9. The molecule has 4 nitrogen and oxygen atoms in total. The lowest BCUT2D eigenvalue weighted by atomic mass is 10.1. The zero-order valence-electron chi connectivity index (χ0n) is 25.6. The van der Waals surface area contributed by atoms with Crippen LogP contribution < -0.4 is 0 Å². The highest BCUT2D eigenvalue weighted by Gasteiger charge is 2.22. The SMILES string of the molecule is N#Cc1ccc(Sc2ccc(-n3c4cc5c6ccccc6n(-c6ccccc6)c5cc4c4ccc5oc6ccccc6c5c43)cc2)cc1. The van der Waals surface area contributed by atoms with Gasteiger partial charge in [0.05, 0.1) is 39.1 Å². The summed E-state index contributed by atoms with van der Waals surface area (Å²) in [5.74, 6) is 0. The van der Waals surface area contributed by atoms with E-state index in [1.165, 1.54) is 32.6 Å². The van der Waals surface area contributed by atoms with Gasteiger partial charge in [-0.1, -0.05) is 66.4 Å². The van der Waals surface area contributed by atoms with Gasteiger partial charge in [-0.15, -0.1) is 0 Å². The number of nitrogens with zero attached hydrogens (tertiary/aromatic N) is 3. The first-order chi connectivity index (χ1) is 23.7. The minimum absolute atomic E-state index is 0.667. The molecule has 48 heavy (non-hydrogen) atoms. The largest absolute Gasteiger partial charge is 0.456 e. The molecule has 5 heteroatoms. The van der Waals surface area contributed by atoms with Crippen molar-refractivity contribution in [3.05, 3.63) is 157 Å². The molecule has 0 aliphatic rings. The molecule has 0 unspecified atom stereocenters. The van der Waals surface area contributed by atoms with E-state index in [-0.39, 0.29) is 0 Å². The molecule has 0 spiro atoms. The lowest BCUT2D eigenvalue weighted by Crippen LogP contribution is -1.95. The number of hydrogen-bond donors (Lipinski definition) is 0. The second kappa shape index (κ2) is 10.4. The molecule has 7 aromatic carbocycles. The third-order valence-corrected chi connectivity index (χ3v) is 10.4. The minimum Gasteiger partial charge on any atom is -0.456 e. The topological polar surface area (TPSA) is 46.8 Å². The number of benzene rings is 7. The molecule has 10 aromatic rings. The van der Waals surface area contributed by atoms with E-state index in [0.29, 0.717) is 5.56 Å². The fourth-order valence-electron chi connectivity index (χ4n) is 7.29. The summed E-state index contributed by atoms with van der Waals surface area (Å²) in [5, 5.41) is 16.3. The lowest BCUT2D eigenvalue weighted by Gasteiger charge is -2.11. The van der Waals surface area contributed by atoms with Crippen LogP contribution >= 0.6 is 11.8 Å². The highest BCUT2D eigenvalue weighted by atomic mass is 32.2. The van der Waals surface area contributed by atoms with Crippen LogP contribution in [0, 0.1) is 11.3 Å². The van der Waals surface area contributed by atoms with Crippen molar-refractivity contribution in [2.45, 2.75) is 9.79 Å². The molecule has 3 aromatic heterocycles. The van der Waals surface area contributed by atoms with Crippen molar-refractivity contribution >= 4 is 77.3 Å². The summed E-state index contributed by atoms with van der Waals surface area (Å²) in [6, 6.07) is 55.5. The van der Waals surface area contributed by atoms with Gasteiger partial charge in [0.1, 0.15) is 11.2 Å². The second-order valence-electron chi connectivity index (χ2n) is 12.1. The highest BCUT2D eigenvalue weighted by molar-refractivity contribution is 7.99. The molecule has 0 aliphatic carbocycles. The smallest absolute Gasteiger partial charge is 0.137 e. The van der Waals surface area contributed by atoms with E-state index < -0.39 is 0 Å². The number of para-hydroxylation sites is 3. The van der Waals surface area contributed by atoms with Gasteiger partial charge < -0.3 is 13.6 Å². The first-order valence-corrected chi connectivity index (χ1v) is 16.7. The number of hydrogen-bond acceptors (Lipinski definition) is 3. The highest BCUT2D eigenvalue weighted by Crippen LogP contribution is 2.44. The van der Waals surface area contributed by atoms with E-state index in [4.69, 9.17) is 4.42 Å². The Balaban J connectivity index is 1.28. The molecule has 0 saturated carbocycles. The Morgan fingerprint density at radius 2 is 1.10 bits per heavy atom. The van der Waals surface area contributed by atoms with Gasteiger partial charge in [0.15, 0.2) is 0 Å². The van der Waals surface area contributed by atoms with E-state index in [9.17, 15) is 5.26 Å². The van der Waals surface area contributed by atoms with Crippen LogP contribution in [0.2, 0.25) is 0 Å². The van der Waals surface area contributed by atoms with Crippen LogP contribution in [0.5, 0.6) is 0 Å².